The molecule has 1 aliphatic heterocycles. The Bertz CT molecular complexity index is 1120. The third kappa shape index (κ3) is 3.89. The van der Waals surface area contributed by atoms with Crippen LogP contribution in [0.3, 0.4) is 0 Å². The van der Waals surface area contributed by atoms with E-state index >= 15 is 0 Å². The fourth-order valence-corrected chi connectivity index (χ4v) is 6.03. The molecule has 2 aromatic rings. The number of hydrogen-bond acceptors (Lipinski definition) is 4. The number of benzene rings is 2. The van der Waals surface area contributed by atoms with E-state index in [9.17, 15) is 16.8 Å². The molecule has 0 saturated carbocycles. The van der Waals surface area contributed by atoms with Crippen molar-refractivity contribution in [2.24, 2.45) is 0 Å². The summed E-state index contributed by atoms with van der Waals surface area (Å²) >= 11 is 0. The summed E-state index contributed by atoms with van der Waals surface area (Å²) < 4.78 is 54.8. The van der Waals surface area contributed by atoms with Gasteiger partial charge >= 0.3 is 0 Å². The highest BCUT2D eigenvalue weighted by molar-refractivity contribution is 7.93. The van der Waals surface area contributed by atoms with Gasteiger partial charge in [0.15, 0.2) is 0 Å². The number of hydrogen-bond donors (Lipinski definition) is 1. The molecule has 0 unspecified atom stereocenters. The normalized spacial score (nSPS) is 14.6. The Hall–Kier alpha value is -2.06. The number of aryl methyl sites for hydroxylation is 4. The lowest BCUT2D eigenvalue weighted by Gasteiger charge is -2.30. The second kappa shape index (κ2) is 7.40. The second-order valence-corrected chi connectivity index (χ2v) is 11.1. The van der Waals surface area contributed by atoms with E-state index in [2.05, 4.69) is 4.72 Å². The van der Waals surface area contributed by atoms with Gasteiger partial charge in [0.1, 0.15) is 0 Å². The van der Waals surface area contributed by atoms with Crippen LogP contribution in [0.4, 0.5) is 11.4 Å². The Labute approximate surface area is 167 Å². The van der Waals surface area contributed by atoms with E-state index in [1.165, 1.54) is 4.31 Å². The van der Waals surface area contributed by atoms with E-state index in [4.69, 9.17) is 0 Å². The smallest absolute Gasteiger partial charge is 0.262 e. The maximum atomic E-state index is 12.9. The van der Waals surface area contributed by atoms with Crippen LogP contribution in [-0.4, -0.2) is 29.1 Å². The van der Waals surface area contributed by atoms with Crippen molar-refractivity contribution in [2.75, 3.05) is 21.3 Å². The Kier molecular flexibility index (Phi) is 5.46. The number of rotatable bonds is 5. The molecule has 0 fully saturated rings. The van der Waals surface area contributed by atoms with Crippen LogP contribution in [0, 0.1) is 20.8 Å². The molecule has 28 heavy (non-hydrogen) atoms. The van der Waals surface area contributed by atoms with E-state index in [0.717, 1.165) is 29.5 Å². The number of anilines is 2. The molecule has 0 saturated heterocycles. The molecule has 0 aromatic heterocycles. The van der Waals surface area contributed by atoms with Crippen LogP contribution in [-0.2, 0) is 26.5 Å². The van der Waals surface area contributed by atoms with Crippen LogP contribution in [0.15, 0.2) is 35.2 Å². The number of nitrogens with zero attached hydrogens (tertiary/aromatic N) is 1. The predicted molar refractivity (Wildman–Crippen MR) is 113 cm³/mol. The molecule has 1 aliphatic rings. The van der Waals surface area contributed by atoms with E-state index in [-0.39, 0.29) is 10.6 Å². The summed E-state index contributed by atoms with van der Waals surface area (Å²) in [6.07, 6.45) is 1.52. The van der Waals surface area contributed by atoms with Crippen molar-refractivity contribution in [1.82, 2.24) is 0 Å². The molecule has 1 N–H and O–H groups in total. The van der Waals surface area contributed by atoms with Crippen LogP contribution in [0.2, 0.25) is 0 Å². The van der Waals surface area contributed by atoms with Gasteiger partial charge in [0.25, 0.3) is 10.0 Å². The zero-order chi connectivity index (χ0) is 20.7. The summed E-state index contributed by atoms with van der Waals surface area (Å²) in [5.74, 6) is 0.00420. The van der Waals surface area contributed by atoms with Gasteiger partial charge in [-0.25, -0.2) is 16.8 Å². The summed E-state index contributed by atoms with van der Waals surface area (Å²) in [7, 11) is -7.19. The van der Waals surface area contributed by atoms with Gasteiger partial charge in [-0.2, -0.15) is 0 Å². The summed E-state index contributed by atoms with van der Waals surface area (Å²) in [6, 6.07) is 8.63. The average Bonchev–Trinajstić information content (AvgIpc) is 2.63. The van der Waals surface area contributed by atoms with Gasteiger partial charge < -0.3 is 0 Å². The van der Waals surface area contributed by atoms with Gasteiger partial charge in [0.05, 0.1) is 22.0 Å². The highest BCUT2D eigenvalue weighted by Crippen LogP contribution is 2.33. The van der Waals surface area contributed by atoms with Crippen molar-refractivity contribution in [3.05, 3.63) is 52.6 Å². The first kappa shape index (κ1) is 20.7. The largest absolute Gasteiger partial charge is 0.280 e. The van der Waals surface area contributed by atoms with Gasteiger partial charge in [0.2, 0.25) is 10.0 Å². The Morgan fingerprint density at radius 1 is 0.964 bits per heavy atom. The van der Waals surface area contributed by atoms with E-state index in [0.29, 0.717) is 23.5 Å². The molecule has 0 aliphatic carbocycles. The van der Waals surface area contributed by atoms with E-state index in [1.54, 1.807) is 38.1 Å². The Morgan fingerprint density at radius 3 is 2.32 bits per heavy atom. The maximum Gasteiger partial charge on any atom is 0.262 e. The SMILES string of the molecule is CCS(=O)(=O)N1CCCc2ccc(NS(=O)(=O)c3cc(C)c(C)cc3C)cc21. The Balaban J connectivity index is 2.00. The topological polar surface area (TPSA) is 83.6 Å². The molecule has 0 bridgehead atoms. The van der Waals surface area contributed by atoms with Gasteiger partial charge in [-0.1, -0.05) is 12.1 Å². The highest BCUT2D eigenvalue weighted by atomic mass is 32.2. The minimum atomic E-state index is -3.79. The minimum absolute atomic E-state index is 0.00420. The zero-order valence-corrected chi connectivity index (χ0v) is 18.2. The molecular formula is C20H26N2O4S2. The van der Waals surface area contributed by atoms with Crippen molar-refractivity contribution in [3.8, 4) is 0 Å². The minimum Gasteiger partial charge on any atom is -0.280 e. The lowest BCUT2D eigenvalue weighted by molar-refractivity contribution is 0.587. The summed E-state index contributed by atoms with van der Waals surface area (Å²) in [6.45, 7) is 7.61. The summed E-state index contributed by atoms with van der Waals surface area (Å²) in [4.78, 5) is 0.228. The third-order valence-corrected chi connectivity index (χ3v) is 8.50. The van der Waals surface area contributed by atoms with Crippen molar-refractivity contribution in [3.63, 3.8) is 0 Å². The van der Waals surface area contributed by atoms with Crippen molar-refractivity contribution in [1.29, 1.82) is 0 Å². The van der Waals surface area contributed by atoms with E-state index in [1.807, 2.05) is 19.9 Å². The van der Waals surface area contributed by atoms with Gasteiger partial charge in [-0.3, -0.25) is 9.03 Å². The first-order chi connectivity index (χ1) is 13.0. The fraction of sp³-hybridized carbons (Fsp3) is 0.400. The molecule has 8 heteroatoms. The average molecular weight is 423 g/mol. The first-order valence-electron chi connectivity index (χ1n) is 9.29. The van der Waals surface area contributed by atoms with Crippen LogP contribution >= 0.6 is 0 Å². The van der Waals surface area contributed by atoms with Crippen molar-refractivity contribution in [2.45, 2.75) is 45.4 Å². The standard InChI is InChI=1S/C20H26N2O4S2/c1-5-27(23,24)22-10-6-7-17-8-9-18(13-19(17)22)21-28(25,26)20-12-15(3)14(2)11-16(20)4/h8-9,11-13,21H,5-7,10H2,1-4H3. The fourth-order valence-electron chi connectivity index (χ4n) is 3.48. The molecule has 152 valence electrons. The van der Waals surface area contributed by atoms with E-state index < -0.39 is 20.0 Å². The summed E-state index contributed by atoms with van der Waals surface area (Å²) in [5.41, 5.74) is 4.43. The van der Waals surface area contributed by atoms with Crippen molar-refractivity contribution >= 4 is 31.4 Å². The molecule has 0 spiro atoms. The molecule has 1 heterocycles. The van der Waals surface area contributed by atoms with Gasteiger partial charge in [-0.15, -0.1) is 0 Å². The second-order valence-electron chi connectivity index (χ2n) is 7.23. The highest BCUT2D eigenvalue weighted by Gasteiger charge is 2.27. The number of sulfonamides is 2. The Morgan fingerprint density at radius 2 is 1.64 bits per heavy atom. The predicted octanol–water partition coefficient (Wildman–Crippen LogP) is 3.51. The molecule has 0 amide bonds. The molecular weight excluding hydrogens is 396 g/mol. The molecule has 3 rings (SSSR count). The van der Waals surface area contributed by atoms with Gasteiger partial charge in [0, 0.05) is 6.54 Å². The quantitative estimate of drug-likeness (QED) is 0.799. The molecule has 6 nitrogen and oxygen atoms in total. The lowest BCUT2D eigenvalue weighted by atomic mass is 10.0. The first-order valence-corrected chi connectivity index (χ1v) is 12.4. The third-order valence-electron chi connectivity index (χ3n) is 5.19. The molecule has 0 atom stereocenters. The van der Waals surface area contributed by atoms with Gasteiger partial charge in [-0.05, 0) is 81.0 Å². The molecule has 2 aromatic carbocycles. The summed E-state index contributed by atoms with van der Waals surface area (Å²) in [5, 5.41) is 0. The number of fused-ring (bicyclic) bond motifs is 1. The van der Waals surface area contributed by atoms with Crippen LogP contribution in [0.25, 0.3) is 0 Å². The molecule has 0 radical (unpaired) electrons. The van der Waals surface area contributed by atoms with Crippen LogP contribution < -0.4 is 9.03 Å². The van der Waals surface area contributed by atoms with Crippen LogP contribution in [0.5, 0.6) is 0 Å². The zero-order valence-electron chi connectivity index (χ0n) is 16.6. The lowest BCUT2D eigenvalue weighted by Crippen LogP contribution is -2.36. The number of nitrogens with one attached hydrogen (secondary N) is 1. The monoisotopic (exact) mass is 422 g/mol. The van der Waals surface area contributed by atoms with Crippen molar-refractivity contribution < 1.29 is 16.8 Å². The maximum absolute atomic E-state index is 12.9. The van der Waals surface area contributed by atoms with Crippen LogP contribution in [0.1, 0.15) is 35.6 Å².